The van der Waals surface area contributed by atoms with E-state index in [9.17, 15) is 0 Å². The molecule has 0 bridgehead atoms. The molecule has 2 atom stereocenters. The molecule has 2 aromatic rings. The molecule has 1 aliphatic heterocycles. The van der Waals surface area contributed by atoms with E-state index in [4.69, 9.17) is 16.3 Å². The summed E-state index contributed by atoms with van der Waals surface area (Å²) in [6.07, 6.45) is 6.20. The minimum atomic E-state index is -0.0149. The van der Waals surface area contributed by atoms with Crippen LogP contribution in [0.3, 0.4) is 0 Å². The van der Waals surface area contributed by atoms with E-state index in [1.54, 1.807) is 0 Å². The van der Waals surface area contributed by atoms with Crippen molar-refractivity contribution < 1.29 is 4.74 Å². The van der Waals surface area contributed by atoms with Gasteiger partial charge < -0.3 is 4.74 Å². The van der Waals surface area contributed by atoms with Gasteiger partial charge in [0.2, 0.25) is 0 Å². The zero-order valence-corrected chi connectivity index (χ0v) is 16.0. The summed E-state index contributed by atoms with van der Waals surface area (Å²) in [5.41, 5.74) is 1.05. The number of tetrazole rings is 1. The average molecular weight is 376 g/mol. The van der Waals surface area contributed by atoms with Crippen LogP contribution in [0.15, 0.2) is 24.3 Å². The number of morpholine rings is 1. The second-order valence-electron chi connectivity index (χ2n) is 7.33. The molecule has 140 valence electrons. The van der Waals surface area contributed by atoms with Crippen molar-refractivity contribution in [2.75, 3.05) is 19.7 Å². The smallest absolute Gasteiger partial charge is 0.168 e. The third-order valence-electron chi connectivity index (χ3n) is 5.71. The number of hydrogen-bond donors (Lipinski definition) is 0. The Balaban J connectivity index is 1.51. The number of rotatable bonds is 4. The van der Waals surface area contributed by atoms with Crippen molar-refractivity contribution >= 4 is 11.6 Å². The van der Waals surface area contributed by atoms with E-state index in [1.807, 2.05) is 24.3 Å². The third-order valence-corrected chi connectivity index (χ3v) is 6.05. The minimum Gasteiger partial charge on any atom is -0.371 e. The van der Waals surface area contributed by atoms with E-state index in [-0.39, 0.29) is 12.1 Å². The maximum absolute atomic E-state index is 6.38. The number of benzene rings is 1. The van der Waals surface area contributed by atoms with E-state index in [0.29, 0.717) is 12.6 Å². The van der Waals surface area contributed by atoms with Gasteiger partial charge in [0, 0.05) is 23.7 Å². The van der Waals surface area contributed by atoms with Crippen LogP contribution in [0.5, 0.6) is 0 Å². The summed E-state index contributed by atoms with van der Waals surface area (Å²) >= 11 is 6.38. The van der Waals surface area contributed by atoms with Crippen LogP contribution in [-0.4, -0.2) is 44.8 Å². The van der Waals surface area contributed by atoms with E-state index in [0.717, 1.165) is 29.5 Å². The Labute approximate surface area is 159 Å². The Bertz CT molecular complexity index is 730. The van der Waals surface area contributed by atoms with Gasteiger partial charge in [-0.25, -0.2) is 4.68 Å². The first-order chi connectivity index (χ1) is 12.7. The van der Waals surface area contributed by atoms with Crippen LogP contribution in [0.4, 0.5) is 0 Å². The molecule has 0 amide bonds. The topological polar surface area (TPSA) is 56.1 Å². The molecule has 1 aliphatic carbocycles. The van der Waals surface area contributed by atoms with Gasteiger partial charge in [-0.1, -0.05) is 49.1 Å². The molecule has 2 heterocycles. The van der Waals surface area contributed by atoms with E-state index < -0.39 is 0 Å². The van der Waals surface area contributed by atoms with Crippen molar-refractivity contribution in [2.45, 2.75) is 57.2 Å². The summed E-state index contributed by atoms with van der Waals surface area (Å²) in [6.45, 7) is 4.55. The molecular weight excluding hydrogens is 350 g/mol. The van der Waals surface area contributed by atoms with Gasteiger partial charge in [-0.3, -0.25) is 4.90 Å². The fraction of sp³-hybridized carbons (Fsp3) is 0.632. The Morgan fingerprint density at radius 2 is 2.00 bits per heavy atom. The highest BCUT2D eigenvalue weighted by atomic mass is 35.5. The molecule has 0 radical (unpaired) electrons. The average Bonchev–Trinajstić information content (AvgIpc) is 3.18. The first-order valence-electron chi connectivity index (χ1n) is 9.62. The van der Waals surface area contributed by atoms with Crippen molar-refractivity contribution in [1.82, 2.24) is 25.1 Å². The van der Waals surface area contributed by atoms with Crippen LogP contribution in [-0.2, 0) is 4.74 Å². The molecule has 1 aromatic heterocycles. The van der Waals surface area contributed by atoms with Crippen LogP contribution in [0.25, 0.3) is 0 Å². The molecule has 1 saturated carbocycles. The van der Waals surface area contributed by atoms with E-state index in [1.165, 1.54) is 32.1 Å². The van der Waals surface area contributed by atoms with Gasteiger partial charge >= 0.3 is 0 Å². The van der Waals surface area contributed by atoms with Crippen LogP contribution >= 0.6 is 11.6 Å². The predicted molar refractivity (Wildman–Crippen MR) is 100 cm³/mol. The fourth-order valence-corrected chi connectivity index (χ4v) is 4.43. The maximum Gasteiger partial charge on any atom is 0.168 e. The second-order valence-corrected chi connectivity index (χ2v) is 7.73. The van der Waals surface area contributed by atoms with Gasteiger partial charge in [-0.2, -0.15) is 0 Å². The lowest BCUT2D eigenvalue weighted by atomic mass is 9.95. The third kappa shape index (κ3) is 3.63. The van der Waals surface area contributed by atoms with Gasteiger partial charge in [0.05, 0.1) is 24.8 Å². The van der Waals surface area contributed by atoms with Gasteiger partial charge in [0.25, 0.3) is 0 Å². The van der Waals surface area contributed by atoms with E-state index >= 15 is 0 Å². The van der Waals surface area contributed by atoms with Gasteiger partial charge in [0.1, 0.15) is 0 Å². The summed E-state index contributed by atoms with van der Waals surface area (Å²) in [7, 11) is 0. The largest absolute Gasteiger partial charge is 0.371 e. The Morgan fingerprint density at radius 3 is 2.81 bits per heavy atom. The second kappa shape index (κ2) is 8.03. The van der Waals surface area contributed by atoms with E-state index in [2.05, 4.69) is 32.0 Å². The zero-order valence-electron chi connectivity index (χ0n) is 15.2. The normalized spacial score (nSPS) is 23.8. The number of hydrogen-bond acceptors (Lipinski definition) is 5. The number of nitrogens with zero attached hydrogens (tertiary/aromatic N) is 5. The highest BCUT2D eigenvalue weighted by Crippen LogP contribution is 2.33. The number of aromatic nitrogens is 4. The summed E-state index contributed by atoms with van der Waals surface area (Å²) in [6, 6.07) is 8.53. The van der Waals surface area contributed by atoms with Crippen LogP contribution < -0.4 is 0 Å². The molecule has 2 aliphatic rings. The number of ether oxygens (including phenoxy) is 1. The summed E-state index contributed by atoms with van der Waals surface area (Å²) < 4.78 is 8.08. The quantitative estimate of drug-likeness (QED) is 0.809. The van der Waals surface area contributed by atoms with Crippen molar-refractivity contribution in [1.29, 1.82) is 0 Å². The van der Waals surface area contributed by atoms with Gasteiger partial charge in [-0.05, 0) is 36.3 Å². The zero-order chi connectivity index (χ0) is 17.9. The van der Waals surface area contributed by atoms with Gasteiger partial charge in [0.15, 0.2) is 5.82 Å². The molecule has 4 rings (SSSR count). The summed E-state index contributed by atoms with van der Waals surface area (Å²) in [4.78, 5) is 2.41. The van der Waals surface area contributed by atoms with Gasteiger partial charge in [-0.15, -0.1) is 5.10 Å². The Kier molecular flexibility index (Phi) is 5.52. The Hall–Kier alpha value is -1.50. The molecule has 0 N–H and O–H groups in total. The van der Waals surface area contributed by atoms with Crippen molar-refractivity contribution in [2.24, 2.45) is 0 Å². The molecule has 26 heavy (non-hydrogen) atoms. The molecule has 6 nitrogen and oxygen atoms in total. The molecular formula is C19H26ClN5O. The molecule has 2 unspecified atom stereocenters. The first-order valence-corrected chi connectivity index (χ1v) is 9.99. The van der Waals surface area contributed by atoms with Crippen molar-refractivity contribution in [3.63, 3.8) is 0 Å². The minimum absolute atomic E-state index is 0.0149. The first kappa shape index (κ1) is 17.9. The predicted octanol–water partition coefficient (Wildman–Crippen LogP) is 3.97. The highest BCUT2D eigenvalue weighted by molar-refractivity contribution is 6.31. The maximum atomic E-state index is 6.38. The number of halogens is 1. The molecule has 1 saturated heterocycles. The van der Waals surface area contributed by atoms with Crippen LogP contribution in [0.1, 0.15) is 68.6 Å². The summed E-state index contributed by atoms with van der Waals surface area (Å²) in [5.74, 6) is 0.969. The molecule has 7 heteroatoms. The van der Waals surface area contributed by atoms with Crippen molar-refractivity contribution in [3.8, 4) is 0 Å². The highest BCUT2D eigenvalue weighted by Gasteiger charge is 2.31. The van der Waals surface area contributed by atoms with Crippen LogP contribution in [0, 0.1) is 0 Å². The molecule has 2 fully saturated rings. The summed E-state index contributed by atoms with van der Waals surface area (Å²) in [5, 5.41) is 13.5. The lowest BCUT2D eigenvalue weighted by molar-refractivity contribution is -0.0449. The SMILES string of the molecule is CC(c1nnnn1C1CCCCC1)N1CCOC(c2ccccc2Cl)C1. The molecule has 1 aromatic carbocycles. The monoisotopic (exact) mass is 375 g/mol. The fourth-order valence-electron chi connectivity index (χ4n) is 4.17. The Morgan fingerprint density at radius 1 is 1.19 bits per heavy atom. The van der Waals surface area contributed by atoms with Crippen LogP contribution in [0.2, 0.25) is 5.02 Å². The van der Waals surface area contributed by atoms with Crippen molar-refractivity contribution in [3.05, 3.63) is 40.7 Å². The lowest BCUT2D eigenvalue weighted by Crippen LogP contribution is -2.41. The molecule has 0 spiro atoms. The lowest BCUT2D eigenvalue weighted by Gasteiger charge is -2.37. The standard InChI is InChI=1S/C19H26ClN5O/c1-14(19-21-22-23-25(19)15-7-3-2-4-8-15)24-11-12-26-18(13-24)16-9-5-6-10-17(16)20/h5-6,9-10,14-15,18H,2-4,7-8,11-13H2,1H3.